The van der Waals surface area contributed by atoms with Gasteiger partial charge >= 0.3 is 6.09 Å². The Hall–Kier alpha value is -3.30. The predicted molar refractivity (Wildman–Crippen MR) is 137 cm³/mol. The van der Waals surface area contributed by atoms with Crippen molar-refractivity contribution < 1.29 is 29.0 Å². The lowest BCUT2D eigenvalue weighted by Gasteiger charge is -2.38. The molecule has 202 valence electrons. The monoisotopic (exact) mass is 506 g/mol. The van der Waals surface area contributed by atoms with Crippen LogP contribution in [0.5, 0.6) is 5.75 Å². The van der Waals surface area contributed by atoms with Crippen LogP contribution in [-0.4, -0.2) is 58.1 Å². The number of rotatable bonds is 13. The molecule has 1 rings (SSSR count). The number of phenolic OH excluding ortho intramolecular Hbond substituents is 1. The molecular formula is C26H42N4O6. The van der Waals surface area contributed by atoms with E-state index in [4.69, 9.17) is 10.5 Å². The molecule has 0 bridgehead atoms. The molecule has 0 heterocycles. The highest BCUT2D eigenvalue weighted by molar-refractivity contribution is 5.92. The number of hydrogen-bond acceptors (Lipinski definition) is 6. The van der Waals surface area contributed by atoms with Crippen molar-refractivity contribution in [1.82, 2.24) is 15.5 Å². The molecule has 0 radical (unpaired) electrons. The van der Waals surface area contributed by atoms with Crippen LogP contribution >= 0.6 is 0 Å². The second kappa shape index (κ2) is 14.3. The smallest absolute Gasteiger partial charge is 0.408 e. The number of phenols is 1. The van der Waals surface area contributed by atoms with Gasteiger partial charge in [0.15, 0.2) is 0 Å². The summed E-state index contributed by atoms with van der Waals surface area (Å²) in [6.07, 6.45) is 1.16. The van der Waals surface area contributed by atoms with Gasteiger partial charge in [0.1, 0.15) is 23.4 Å². The van der Waals surface area contributed by atoms with Gasteiger partial charge in [-0.2, -0.15) is 0 Å². The van der Waals surface area contributed by atoms with Crippen molar-refractivity contribution in [3.8, 4) is 5.75 Å². The van der Waals surface area contributed by atoms with Crippen molar-refractivity contribution in [3.63, 3.8) is 0 Å². The molecule has 5 N–H and O–H groups in total. The van der Waals surface area contributed by atoms with Crippen molar-refractivity contribution in [1.29, 1.82) is 0 Å². The van der Waals surface area contributed by atoms with E-state index in [0.717, 1.165) is 12.8 Å². The number of amides is 4. The van der Waals surface area contributed by atoms with Gasteiger partial charge in [0, 0.05) is 19.0 Å². The predicted octanol–water partition coefficient (Wildman–Crippen LogP) is 3.14. The molecule has 0 fully saturated rings. The van der Waals surface area contributed by atoms with Gasteiger partial charge in [-0.25, -0.2) is 4.79 Å². The van der Waals surface area contributed by atoms with Crippen molar-refractivity contribution in [2.45, 2.75) is 97.4 Å². The van der Waals surface area contributed by atoms with E-state index in [-0.39, 0.29) is 24.5 Å². The maximum Gasteiger partial charge on any atom is 0.408 e. The van der Waals surface area contributed by atoms with Gasteiger partial charge in [-0.1, -0.05) is 32.4 Å². The molecule has 4 amide bonds. The molecule has 36 heavy (non-hydrogen) atoms. The Bertz CT molecular complexity index is 881. The lowest BCUT2D eigenvalue weighted by molar-refractivity contribution is -0.145. The van der Waals surface area contributed by atoms with Crippen LogP contribution in [0.1, 0.15) is 85.3 Å². The molecule has 0 aliphatic rings. The van der Waals surface area contributed by atoms with Gasteiger partial charge < -0.3 is 31.1 Å². The van der Waals surface area contributed by atoms with Gasteiger partial charge in [0.05, 0.1) is 0 Å². The Morgan fingerprint density at radius 3 is 2.22 bits per heavy atom. The van der Waals surface area contributed by atoms with Crippen LogP contribution in [0, 0.1) is 0 Å². The van der Waals surface area contributed by atoms with Crippen LogP contribution in [0.4, 0.5) is 4.79 Å². The molecule has 0 aliphatic heterocycles. The largest absolute Gasteiger partial charge is 0.508 e. The Morgan fingerprint density at radius 1 is 1.11 bits per heavy atom. The Labute approximate surface area is 213 Å². The molecule has 0 aromatic heterocycles. The summed E-state index contributed by atoms with van der Waals surface area (Å²) in [6, 6.07) is 3.49. The second-order valence-corrected chi connectivity index (χ2v) is 9.85. The van der Waals surface area contributed by atoms with E-state index >= 15 is 0 Å². The summed E-state index contributed by atoms with van der Waals surface area (Å²) in [6.45, 7) is 11.2. The molecule has 1 aromatic rings. The third-order valence-electron chi connectivity index (χ3n) is 5.55. The topological polar surface area (TPSA) is 151 Å². The van der Waals surface area contributed by atoms with Gasteiger partial charge in [0.2, 0.25) is 17.7 Å². The number of nitrogens with one attached hydrogen (secondary N) is 2. The molecule has 0 spiro atoms. The van der Waals surface area contributed by atoms with Gasteiger partial charge in [-0.3, -0.25) is 14.4 Å². The first-order chi connectivity index (χ1) is 16.8. The highest BCUT2D eigenvalue weighted by Crippen LogP contribution is 2.28. The van der Waals surface area contributed by atoms with E-state index in [0.29, 0.717) is 18.5 Å². The Morgan fingerprint density at radius 2 is 1.72 bits per heavy atom. The van der Waals surface area contributed by atoms with Crippen LogP contribution in [0.2, 0.25) is 0 Å². The summed E-state index contributed by atoms with van der Waals surface area (Å²) in [4.78, 5) is 52.8. The zero-order valence-electron chi connectivity index (χ0n) is 22.3. The summed E-state index contributed by atoms with van der Waals surface area (Å²) in [5.74, 6) is -1.52. The fourth-order valence-electron chi connectivity index (χ4n) is 3.55. The van der Waals surface area contributed by atoms with Crippen molar-refractivity contribution in [2.24, 2.45) is 5.73 Å². The van der Waals surface area contributed by atoms with Crippen molar-refractivity contribution in [2.75, 3.05) is 6.54 Å². The van der Waals surface area contributed by atoms with Gasteiger partial charge in [-0.05, 0) is 64.7 Å². The van der Waals surface area contributed by atoms with Crippen molar-refractivity contribution in [3.05, 3.63) is 29.8 Å². The van der Waals surface area contributed by atoms with E-state index in [1.54, 1.807) is 32.9 Å². The second-order valence-electron chi connectivity index (χ2n) is 9.85. The van der Waals surface area contributed by atoms with E-state index in [1.165, 1.54) is 17.0 Å². The average Bonchev–Trinajstić information content (AvgIpc) is 2.78. The Kier molecular flexibility index (Phi) is 12.2. The first kappa shape index (κ1) is 30.7. The number of carbonyl (C=O) groups is 4. The number of alkyl carbamates (subject to hydrolysis) is 1. The summed E-state index contributed by atoms with van der Waals surface area (Å²) < 4.78 is 5.32. The lowest BCUT2D eigenvalue weighted by Crippen LogP contribution is -2.55. The fraction of sp³-hybridized carbons (Fsp3) is 0.615. The molecule has 10 nitrogen and oxygen atoms in total. The fourth-order valence-corrected chi connectivity index (χ4v) is 3.55. The quantitative estimate of drug-likeness (QED) is 0.302. The number of unbranched alkanes of at least 4 members (excludes halogenated alkanes) is 1. The zero-order valence-corrected chi connectivity index (χ0v) is 22.3. The number of carbonyl (C=O) groups excluding carboxylic acids is 4. The van der Waals surface area contributed by atoms with Crippen LogP contribution < -0.4 is 16.4 Å². The number of aromatic hydroxyl groups is 1. The molecule has 1 aromatic carbocycles. The summed E-state index contributed by atoms with van der Waals surface area (Å²) >= 11 is 0. The average molecular weight is 507 g/mol. The van der Waals surface area contributed by atoms with E-state index < -0.39 is 41.6 Å². The molecule has 10 heteroatoms. The molecule has 3 unspecified atom stereocenters. The first-order valence-electron chi connectivity index (χ1n) is 12.5. The van der Waals surface area contributed by atoms with E-state index in [2.05, 4.69) is 10.6 Å². The number of nitrogens with two attached hydrogens (primary N) is 1. The minimum absolute atomic E-state index is 0.0243. The maximum absolute atomic E-state index is 13.9. The zero-order chi connectivity index (χ0) is 27.5. The van der Waals surface area contributed by atoms with Crippen LogP contribution in [0.15, 0.2) is 24.3 Å². The number of hydrogen-bond donors (Lipinski definition) is 4. The van der Waals surface area contributed by atoms with Crippen molar-refractivity contribution >= 4 is 23.8 Å². The number of nitrogens with zero attached hydrogens (tertiary/aromatic N) is 1. The SMILES string of the molecule is CCCCNC(=O)C(c1ccc(O)cc1)N(C(=O)C(CCC(N)=O)NC(=O)OC(C)(C)C)C(C)CC. The maximum atomic E-state index is 13.9. The van der Waals surface area contributed by atoms with Gasteiger partial charge in [0.25, 0.3) is 0 Å². The molecular weight excluding hydrogens is 464 g/mol. The van der Waals surface area contributed by atoms with Gasteiger partial charge in [-0.15, -0.1) is 0 Å². The normalized spacial score (nSPS) is 13.7. The number of ether oxygens (including phenoxy) is 1. The first-order valence-corrected chi connectivity index (χ1v) is 12.5. The summed E-state index contributed by atoms with van der Waals surface area (Å²) in [7, 11) is 0. The number of primary amides is 1. The standard InChI is InChI=1S/C26H42N4O6/c1-7-9-16-28-23(33)22(18-10-12-19(31)13-11-18)30(17(3)8-2)24(34)20(14-15-21(27)32)29-25(35)36-26(4,5)6/h10-13,17,20,22,31H,7-9,14-16H2,1-6H3,(H2,27,32)(H,28,33)(H,29,35). The summed E-state index contributed by atoms with van der Waals surface area (Å²) in [5, 5.41) is 15.2. The van der Waals surface area contributed by atoms with Crippen LogP contribution in [-0.2, 0) is 19.1 Å². The molecule has 0 aliphatic carbocycles. The minimum atomic E-state index is -1.15. The lowest BCUT2D eigenvalue weighted by atomic mass is 9.98. The molecule has 0 saturated carbocycles. The van der Waals surface area contributed by atoms with Crippen LogP contribution in [0.25, 0.3) is 0 Å². The Balaban J connectivity index is 3.47. The highest BCUT2D eigenvalue weighted by atomic mass is 16.6. The third-order valence-corrected chi connectivity index (χ3v) is 5.55. The third kappa shape index (κ3) is 10.1. The summed E-state index contributed by atoms with van der Waals surface area (Å²) in [5.41, 5.74) is 5.02. The minimum Gasteiger partial charge on any atom is -0.508 e. The molecule has 0 saturated heterocycles. The highest BCUT2D eigenvalue weighted by Gasteiger charge is 2.38. The number of benzene rings is 1. The molecule has 3 atom stereocenters. The van der Waals surface area contributed by atoms with E-state index in [1.807, 2.05) is 20.8 Å². The van der Waals surface area contributed by atoms with E-state index in [9.17, 15) is 24.3 Å². The van der Waals surface area contributed by atoms with Crippen LogP contribution in [0.3, 0.4) is 0 Å².